The lowest BCUT2D eigenvalue weighted by Crippen LogP contribution is -2.02. The van der Waals surface area contributed by atoms with Crippen molar-refractivity contribution in [2.24, 2.45) is 0 Å². The summed E-state index contributed by atoms with van der Waals surface area (Å²) in [5.41, 5.74) is 9.00. The topological polar surface area (TPSA) is 59.6 Å². The van der Waals surface area contributed by atoms with Crippen LogP contribution in [-0.4, -0.2) is 14.8 Å². The molecule has 4 nitrogen and oxygen atoms in total. The molecule has 0 amide bonds. The Morgan fingerprint density at radius 2 is 2.13 bits per heavy atom. The summed E-state index contributed by atoms with van der Waals surface area (Å²) < 4.78 is 2.25. The Morgan fingerprint density at radius 3 is 2.73 bits per heavy atom. The predicted octanol–water partition coefficient (Wildman–Crippen LogP) is 2.13. The Morgan fingerprint density at radius 1 is 1.40 bits per heavy atom. The van der Waals surface area contributed by atoms with Crippen molar-refractivity contribution < 1.29 is 0 Å². The Hall–Kier alpha value is -1.62. The van der Waals surface area contributed by atoms with Crippen LogP contribution in [0.2, 0.25) is 0 Å². The highest BCUT2D eigenvalue weighted by Gasteiger charge is 2.07. The van der Waals surface area contributed by atoms with E-state index in [1.807, 2.05) is 26.0 Å². The molecule has 0 spiro atoms. The van der Waals surface area contributed by atoms with E-state index in [9.17, 15) is 0 Å². The number of anilines is 1. The Bertz CT molecular complexity index is 553. The largest absolute Gasteiger partial charge is 0.368 e. The third kappa shape index (κ3) is 1.66. The molecule has 3 N–H and O–H groups in total. The first-order valence-electron chi connectivity index (χ1n) is 4.60. The normalized spacial score (nSPS) is 10.5. The SMILES string of the molecule is Cc1ccc(C)c(-n2c(N)n[nH]c2=S)c1. The summed E-state index contributed by atoms with van der Waals surface area (Å²) >= 11 is 5.12. The number of aromatic amines is 1. The minimum absolute atomic E-state index is 0.383. The fourth-order valence-corrected chi connectivity index (χ4v) is 1.74. The minimum Gasteiger partial charge on any atom is -0.368 e. The number of nitrogens with two attached hydrogens (primary N) is 1. The maximum absolute atomic E-state index is 5.75. The van der Waals surface area contributed by atoms with Crippen molar-refractivity contribution in [3.05, 3.63) is 34.1 Å². The molecular formula is C10H12N4S. The molecule has 0 saturated heterocycles. The summed E-state index contributed by atoms with van der Waals surface area (Å²) in [7, 11) is 0. The van der Waals surface area contributed by atoms with Gasteiger partial charge < -0.3 is 5.73 Å². The molecule has 15 heavy (non-hydrogen) atoms. The summed E-state index contributed by atoms with van der Waals surface area (Å²) in [6.07, 6.45) is 0. The van der Waals surface area contributed by atoms with Crippen LogP contribution < -0.4 is 5.73 Å². The second-order valence-corrected chi connectivity index (χ2v) is 3.90. The van der Waals surface area contributed by atoms with Crippen molar-refractivity contribution in [2.75, 3.05) is 5.73 Å². The molecule has 5 heteroatoms. The third-order valence-electron chi connectivity index (χ3n) is 2.30. The van der Waals surface area contributed by atoms with Gasteiger partial charge in [-0.1, -0.05) is 12.1 Å². The molecule has 0 saturated carbocycles. The summed E-state index contributed by atoms with van der Waals surface area (Å²) in [6, 6.07) is 6.13. The van der Waals surface area contributed by atoms with Gasteiger partial charge in [0.15, 0.2) is 0 Å². The van der Waals surface area contributed by atoms with E-state index in [-0.39, 0.29) is 0 Å². The van der Waals surface area contributed by atoms with Crippen LogP contribution in [0, 0.1) is 18.6 Å². The Balaban J connectivity index is 2.74. The number of hydrogen-bond acceptors (Lipinski definition) is 3. The molecule has 1 heterocycles. The predicted molar refractivity (Wildman–Crippen MR) is 62.6 cm³/mol. The number of H-pyrrole nitrogens is 1. The molecule has 0 atom stereocenters. The van der Waals surface area contributed by atoms with Crippen LogP contribution in [0.3, 0.4) is 0 Å². The van der Waals surface area contributed by atoms with Crippen molar-refractivity contribution in [2.45, 2.75) is 13.8 Å². The zero-order valence-electron chi connectivity index (χ0n) is 8.61. The fourth-order valence-electron chi connectivity index (χ4n) is 1.50. The molecule has 1 aromatic heterocycles. The van der Waals surface area contributed by atoms with Gasteiger partial charge >= 0.3 is 0 Å². The van der Waals surface area contributed by atoms with Gasteiger partial charge in [-0.3, -0.25) is 4.57 Å². The monoisotopic (exact) mass is 220 g/mol. The first kappa shape index (κ1) is 9.92. The number of aromatic nitrogens is 3. The summed E-state index contributed by atoms with van der Waals surface area (Å²) in [5.74, 6) is 0.383. The molecule has 0 radical (unpaired) electrons. The summed E-state index contributed by atoms with van der Waals surface area (Å²) in [6.45, 7) is 4.05. The third-order valence-corrected chi connectivity index (χ3v) is 2.58. The first-order chi connectivity index (χ1) is 7.09. The van der Waals surface area contributed by atoms with Crippen molar-refractivity contribution in [3.63, 3.8) is 0 Å². The Kier molecular flexibility index (Phi) is 2.32. The number of rotatable bonds is 1. The van der Waals surface area contributed by atoms with E-state index >= 15 is 0 Å². The smallest absolute Gasteiger partial charge is 0.225 e. The number of nitrogens with zero attached hydrogens (tertiary/aromatic N) is 2. The van der Waals surface area contributed by atoms with Crippen molar-refractivity contribution in [1.29, 1.82) is 0 Å². The van der Waals surface area contributed by atoms with Crippen molar-refractivity contribution >= 4 is 18.2 Å². The van der Waals surface area contributed by atoms with Gasteiger partial charge in [-0.15, -0.1) is 5.10 Å². The van der Waals surface area contributed by atoms with Gasteiger partial charge in [0.05, 0.1) is 5.69 Å². The molecule has 0 aliphatic heterocycles. The first-order valence-corrected chi connectivity index (χ1v) is 5.01. The molecule has 0 unspecified atom stereocenters. The lowest BCUT2D eigenvalue weighted by atomic mass is 10.1. The van der Waals surface area contributed by atoms with Crippen LogP contribution in [-0.2, 0) is 0 Å². The standard InChI is InChI=1S/C10H12N4S/c1-6-3-4-7(2)8(5-6)14-9(11)12-13-10(14)15/h3-5H,1-2H3,(H2,11,12)(H,13,15). The fraction of sp³-hybridized carbons (Fsp3) is 0.200. The van der Waals surface area contributed by atoms with Gasteiger partial charge in [0.1, 0.15) is 0 Å². The van der Waals surface area contributed by atoms with Gasteiger partial charge in [-0.25, -0.2) is 5.10 Å². The molecule has 2 aromatic rings. The van der Waals surface area contributed by atoms with Gasteiger partial charge in [0.25, 0.3) is 0 Å². The van der Waals surface area contributed by atoms with Gasteiger partial charge in [0, 0.05) is 0 Å². The van der Waals surface area contributed by atoms with Crippen LogP contribution in [0.5, 0.6) is 0 Å². The lowest BCUT2D eigenvalue weighted by molar-refractivity contribution is 1.02. The highest BCUT2D eigenvalue weighted by atomic mass is 32.1. The number of benzene rings is 1. The quantitative estimate of drug-likeness (QED) is 0.724. The minimum atomic E-state index is 0.383. The van der Waals surface area contributed by atoms with Crippen LogP contribution in [0.1, 0.15) is 11.1 Å². The van der Waals surface area contributed by atoms with Crippen molar-refractivity contribution in [3.8, 4) is 5.69 Å². The maximum Gasteiger partial charge on any atom is 0.225 e. The van der Waals surface area contributed by atoms with E-state index in [4.69, 9.17) is 18.0 Å². The molecule has 0 fully saturated rings. The highest BCUT2D eigenvalue weighted by Crippen LogP contribution is 2.18. The summed E-state index contributed by atoms with van der Waals surface area (Å²) in [5, 5.41) is 6.56. The molecule has 0 aliphatic rings. The van der Waals surface area contributed by atoms with Gasteiger partial charge in [-0.05, 0) is 43.3 Å². The molecular weight excluding hydrogens is 208 g/mol. The summed E-state index contributed by atoms with van der Waals surface area (Å²) in [4.78, 5) is 0. The van der Waals surface area contributed by atoms with E-state index in [1.165, 1.54) is 0 Å². The zero-order valence-corrected chi connectivity index (χ0v) is 9.43. The maximum atomic E-state index is 5.75. The van der Waals surface area contributed by atoms with E-state index in [0.29, 0.717) is 10.7 Å². The number of nitrogen functional groups attached to an aromatic ring is 1. The second kappa shape index (κ2) is 3.51. The average Bonchev–Trinajstić information content (AvgIpc) is 2.51. The highest BCUT2D eigenvalue weighted by molar-refractivity contribution is 7.71. The number of nitrogens with one attached hydrogen (secondary N) is 1. The second-order valence-electron chi connectivity index (χ2n) is 3.51. The Labute approximate surface area is 92.7 Å². The molecule has 0 bridgehead atoms. The molecule has 2 rings (SSSR count). The van der Waals surface area contributed by atoms with Crippen LogP contribution >= 0.6 is 12.2 Å². The van der Waals surface area contributed by atoms with Crippen LogP contribution in [0.4, 0.5) is 5.95 Å². The van der Waals surface area contributed by atoms with Gasteiger partial charge in [-0.2, -0.15) is 0 Å². The van der Waals surface area contributed by atoms with Crippen LogP contribution in [0.15, 0.2) is 18.2 Å². The average molecular weight is 220 g/mol. The van der Waals surface area contributed by atoms with Gasteiger partial charge in [0.2, 0.25) is 10.7 Å². The molecule has 0 aliphatic carbocycles. The molecule has 1 aromatic carbocycles. The number of aryl methyl sites for hydroxylation is 2. The van der Waals surface area contributed by atoms with E-state index < -0.39 is 0 Å². The van der Waals surface area contributed by atoms with Crippen LogP contribution in [0.25, 0.3) is 5.69 Å². The number of hydrogen-bond donors (Lipinski definition) is 2. The van der Waals surface area contributed by atoms with E-state index in [0.717, 1.165) is 16.8 Å². The van der Waals surface area contributed by atoms with E-state index in [1.54, 1.807) is 4.57 Å². The zero-order chi connectivity index (χ0) is 11.0. The molecule has 78 valence electrons. The van der Waals surface area contributed by atoms with Crippen molar-refractivity contribution in [1.82, 2.24) is 14.8 Å². The lowest BCUT2D eigenvalue weighted by Gasteiger charge is -2.08. The van der Waals surface area contributed by atoms with E-state index in [2.05, 4.69) is 16.3 Å².